The Labute approximate surface area is 117 Å². The number of rotatable bonds is 1. The van der Waals surface area contributed by atoms with Crippen LogP contribution in [0.2, 0.25) is 5.02 Å². The zero-order valence-electron chi connectivity index (χ0n) is 10.4. The van der Waals surface area contributed by atoms with Gasteiger partial charge in [-0.25, -0.2) is 0 Å². The summed E-state index contributed by atoms with van der Waals surface area (Å²) in [6, 6.07) is 16.1. The lowest BCUT2D eigenvalue weighted by atomic mass is 9.99. The summed E-state index contributed by atoms with van der Waals surface area (Å²) in [6.45, 7) is 1.84. The van der Waals surface area contributed by atoms with Gasteiger partial charge in [0.2, 0.25) is 0 Å². The number of fused-ring (bicyclic) bond motifs is 1. The Hall–Kier alpha value is -1.98. The minimum absolute atomic E-state index is 0.603. The highest BCUT2D eigenvalue weighted by molar-refractivity contribution is 6.33. The van der Waals surface area contributed by atoms with Crippen molar-refractivity contribution in [3.05, 3.63) is 64.2 Å². The Morgan fingerprint density at radius 1 is 1.11 bits per heavy atom. The lowest BCUT2D eigenvalue weighted by Gasteiger charge is -2.31. The predicted octanol–water partition coefficient (Wildman–Crippen LogP) is 3.77. The van der Waals surface area contributed by atoms with E-state index >= 15 is 0 Å². The monoisotopic (exact) mass is 268 g/mol. The Balaban J connectivity index is 1.91. The average molecular weight is 269 g/mol. The van der Waals surface area contributed by atoms with Crippen molar-refractivity contribution in [2.45, 2.75) is 13.0 Å². The molecule has 1 aliphatic rings. The van der Waals surface area contributed by atoms with Crippen molar-refractivity contribution in [2.24, 2.45) is 0 Å². The first-order valence-corrected chi connectivity index (χ1v) is 6.67. The number of hydrogen-bond acceptors (Lipinski definition) is 2. The molecular formula is C16H13ClN2. The van der Waals surface area contributed by atoms with Gasteiger partial charge in [-0.1, -0.05) is 35.9 Å². The molecule has 94 valence electrons. The summed E-state index contributed by atoms with van der Waals surface area (Å²) in [5.74, 6) is 0. The number of halogens is 1. The zero-order valence-corrected chi connectivity index (χ0v) is 11.2. The lowest BCUT2D eigenvalue weighted by molar-refractivity contribution is 0.732. The van der Waals surface area contributed by atoms with Gasteiger partial charge in [-0.2, -0.15) is 5.26 Å². The van der Waals surface area contributed by atoms with Crippen molar-refractivity contribution < 1.29 is 0 Å². The van der Waals surface area contributed by atoms with Gasteiger partial charge in [0.15, 0.2) is 0 Å². The van der Waals surface area contributed by atoms with Crippen molar-refractivity contribution >= 4 is 17.3 Å². The molecule has 0 radical (unpaired) electrons. The lowest BCUT2D eigenvalue weighted by Crippen LogP contribution is -2.30. The summed E-state index contributed by atoms with van der Waals surface area (Å²) in [4.78, 5) is 2.27. The molecule has 0 aromatic heterocycles. The summed E-state index contributed by atoms with van der Waals surface area (Å²) in [6.07, 6.45) is 1.03. The predicted molar refractivity (Wildman–Crippen MR) is 77.4 cm³/mol. The summed E-state index contributed by atoms with van der Waals surface area (Å²) >= 11 is 6.28. The summed E-state index contributed by atoms with van der Waals surface area (Å²) < 4.78 is 0. The van der Waals surface area contributed by atoms with E-state index in [2.05, 4.69) is 35.2 Å². The van der Waals surface area contributed by atoms with Gasteiger partial charge in [0, 0.05) is 13.1 Å². The molecule has 2 aromatic carbocycles. The van der Waals surface area contributed by atoms with Gasteiger partial charge in [-0.05, 0) is 35.7 Å². The molecule has 0 unspecified atom stereocenters. The highest BCUT2D eigenvalue weighted by atomic mass is 35.5. The Kier molecular flexibility index (Phi) is 3.15. The van der Waals surface area contributed by atoms with E-state index in [0.29, 0.717) is 10.6 Å². The van der Waals surface area contributed by atoms with Crippen LogP contribution in [0.15, 0.2) is 42.5 Å². The molecule has 0 saturated carbocycles. The van der Waals surface area contributed by atoms with Crippen LogP contribution < -0.4 is 4.90 Å². The van der Waals surface area contributed by atoms with Crippen LogP contribution in [0.25, 0.3) is 0 Å². The summed E-state index contributed by atoms with van der Waals surface area (Å²) in [7, 11) is 0. The molecular weight excluding hydrogens is 256 g/mol. The summed E-state index contributed by atoms with van der Waals surface area (Å²) in [5.41, 5.74) is 4.39. The van der Waals surface area contributed by atoms with E-state index in [9.17, 15) is 0 Å². The third kappa shape index (κ3) is 2.30. The maximum atomic E-state index is 8.87. The molecule has 0 aliphatic carbocycles. The number of nitrogens with zero attached hydrogens (tertiary/aromatic N) is 2. The van der Waals surface area contributed by atoms with Crippen molar-refractivity contribution in [1.82, 2.24) is 0 Å². The quantitative estimate of drug-likeness (QED) is 0.787. The van der Waals surface area contributed by atoms with Crippen LogP contribution in [0, 0.1) is 11.3 Å². The van der Waals surface area contributed by atoms with Gasteiger partial charge in [-0.15, -0.1) is 0 Å². The van der Waals surface area contributed by atoms with E-state index < -0.39 is 0 Å². The second-order valence-corrected chi connectivity index (χ2v) is 5.13. The van der Waals surface area contributed by atoms with Crippen LogP contribution in [0.1, 0.15) is 16.7 Å². The van der Waals surface area contributed by atoms with Crippen LogP contribution in [-0.4, -0.2) is 6.54 Å². The molecule has 0 fully saturated rings. The fourth-order valence-electron chi connectivity index (χ4n) is 2.53. The Morgan fingerprint density at radius 3 is 2.63 bits per heavy atom. The van der Waals surface area contributed by atoms with Gasteiger partial charge < -0.3 is 4.90 Å². The van der Waals surface area contributed by atoms with Crippen molar-refractivity contribution in [2.75, 3.05) is 11.4 Å². The largest absolute Gasteiger partial charge is 0.366 e. The van der Waals surface area contributed by atoms with E-state index in [-0.39, 0.29) is 0 Å². The molecule has 0 atom stereocenters. The SMILES string of the molecule is N#Cc1ccc(N2CCc3ccccc3C2)c(Cl)c1. The molecule has 0 bridgehead atoms. The van der Waals surface area contributed by atoms with Gasteiger partial charge >= 0.3 is 0 Å². The van der Waals surface area contributed by atoms with Crippen molar-refractivity contribution in [1.29, 1.82) is 5.26 Å². The molecule has 2 nitrogen and oxygen atoms in total. The fraction of sp³-hybridized carbons (Fsp3) is 0.188. The molecule has 0 amide bonds. The highest BCUT2D eigenvalue weighted by Gasteiger charge is 2.18. The first kappa shape index (κ1) is 12.1. The Morgan fingerprint density at radius 2 is 1.89 bits per heavy atom. The van der Waals surface area contributed by atoms with Crippen LogP contribution >= 0.6 is 11.6 Å². The second-order valence-electron chi connectivity index (χ2n) is 4.72. The van der Waals surface area contributed by atoms with E-state index in [0.717, 1.165) is 25.2 Å². The molecule has 19 heavy (non-hydrogen) atoms. The Bertz CT molecular complexity index is 658. The first-order chi connectivity index (χ1) is 9.28. The maximum absolute atomic E-state index is 8.87. The molecule has 0 saturated heterocycles. The van der Waals surface area contributed by atoms with Crippen LogP contribution in [0.4, 0.5) is 5.69 Å². The normalized spacial score (nSPS) is 13.8. The topological polar surface area (TPSA) is 27.0 Å². The molecule has 1 heterocycles. The minimum atomic E-state index is 0.603. The average Bonchev–Trinajstić information content (AvgIpc) is 2.46. The third-order valence-electron chi connectivity index (χ3n) is 3.55. The van der Waals surface area contributed by atoms with Gasteiger partial charge in [0.1, 0.15) is 0 Å². The standard InChI is InChI=1S/C16H13ClN2/c17-15-9-12(10-18)5-6-16(15)19-8-7-13-3-1-2-4-14(13)11-19/h1-6,9H,7-8,11H2. The van der Waals surface area contributed by atoms with Crippen LogP contribution in [0.3, 0.4) is 0 Å². The number of hydrogen-bond donors (Lipinski definition) is 0. The number of anilines is 1. The van der Waals surface area contributed by atoms with E-state index in [1.807, 2.05) is 12.1 Å². The summed E-state index contributed by atoms with van der Waals surface area (Å²) in [5, 5.41) is 9.52. The highest BCUT2D eigenvalue weighted by Crippen LogP contribution is 2.30. The molecule has 3 rings (SSSR count). The van der Waals surface area contributed by atoms with Crippen molar-refractivity contribution in [3.8, 4) is 6.07 Å². The smallest absolute Gasteiger partial charge is 0.0992 e. The van der Waals surface area contributed by atoms with Gasteiger partial charge in [0.05, 0.1) is 22.3 Å². The first-order valence-electron chi connectivity index (χ1n) is 6.29. The number of benzene rings is 2. The second kappa shape index (κ2) is 4.95. The molecule has 2 aromatic rings. The van der Waals surface area contributed by atoms with E-state index in [1.165, 1.54) is 11.1 Å². The van der Waals surface area contributed by atoms with Crippen LogP contribution in [0.5, 0.6) is 0 Å². The maximum Gasteiger partial charge on any atom is 0.0992 e. The van der Waals surface area contributed by atoms with E-state index in [4.69, 9.17) is 16.9 Å². The molecule has 1 aliphatic heterocycles. The fourth-order valence-corrected chi connectivity index (χ4v) is 2.83. The zero-order chi connectivity index (χ0) is 13.2. The minimum Gasteiger partial charge on any atom is -0.366 e. The molecule has 0 spiro atoms. The molecule has 3 heteroatoms. The molecule has 0 N–H and O–H groups in total. The van der Waals surface area contributed by atoms with Gasteiger partial charge in [0.25, 0.3) is 0 Å². The third-order valence-corrected chi connectivity index (χ3v) is 3.85. The van der Waals surface area contributed by atoms with Crippen molar-refractivity contribution in [3.63, 3.8) is 0 Å². The van der Waals surface area contributed by atoms with Crippen LogP contribution in [-0.2, 0) is 13.0 Å². The number of nitriles is 1. The van der Waals surface area contributed by atoms with E-state index in [1.54, 1.807) is 6.07 Å². The van der Waals surface area contributed by atoms with Gasteiger partial charge in [-0.3, -0.25) is 0 Å².